The van der Waals surface area contributed by atoms with Crippen LogP contribution >= 0.6 is 0 Å². The predicted octanol–water partition coefficient (Wildman–Crippen LogP) is 0.0362. The van der Waals surface area contributed by atoms with Gasteiger partial charge in [-0.25, -0.2) is 4.98 Å². The average molecular weight is 206 g/mol. The number of nitrogens with zero attached hydrogens (tertiary/aromatic N) is 2. The Morgan fingerprint density at radius 2 is 2.33 bits per heavy atom. The van der Waals surface area contributed by atoms with Crippen LogP contribution in [-0.2, 0) is 4.79 Å². The summed E-state index contributed by atoms with van der Waals surface area (Å²) in [4.78, 5) is 17.3. The van der Waals surface area contributed by atoms with Gasteiger partial charge in [-0.05, 0) is 18.6 Å². The van der Waals surface area contributed by atoms with E-state index in [2.05, 4.69) is 4.98 Å². The third-order valence-corrected chi connectivity index (χ3v) is 2.58. The van der Waals surface area contributed by atoms with Gasteiger partial charge in [-0.1, -0.05) is 0 Å². The highest BCUT2D eigenvalue weighted by Gasteiger charge is 2.30. The van der Waals surface area contributed by atoms with Crippen molar-refractivity contribution in [2.75, 3.05) is 17.2 Å². The molecule has 5 nitrogen and oxygen atoms in total. The van der Waals surface area contributed by atoms with Crippen molar-refractivity contribution >= 4 is 17.4 Å². The lowest BCUT2D eigenvalue weighted by molar-refractivity contribution is -0.117. The Balaban J connectivity index is 2.41. The summed E-state index contributed by atoms with van der Waals surface area (Å²) in [6.45, 7) is 2.43. The van der Waals surface area contributed by atoms with Crippen LogP contribution in [0.3, 0.4) is 0 Å². The second-order valence-electron chi connectivity index (χ2n) is 3.83. The molecule has 1 amide bonds. The number of nitrogen functional groups attached to an aromatic ring is 1. The van der Waals surface area contributed by atoms with E-state index in [9.17, 15) is 4.79 Å². The molecule has 1 aliphatic heterocycles. The first-order valence-electron chi connectivity index (χ1n) is 4.86. The van der Waals surface area contributed by atoms with Gasteiger partial charge in [0, 0.05) is 25.2 Å². The minimum Gasteiger partial charge on any atom is -0.382 e. The minimum absolute atomic E-state index is 0.0188. The highest BCUT2D eigenvalue weighted by atomic mass is 16.2. The van der Waals surface area contributed by atoms with Gasteiger partial charge in [0.25, 0.3) is 0 Å². The topological polar surface area (TPSA) is 85.2 Å². The molecule has 1 aliphatic rings. The van der Waals surface area contributed by atoms with Crippen LogP contribution < -0.4 is 16.4 Å². The van der Waals surface area contributed by atoms with Gasteiger partial charge in [-0.3, -0.25) is 4.79 Å². The summed E-state index contributed by atoms with van der Waals surface area (Å²) in [5, 5.41) is 0. The van der Waals surface area contributed by atoms with Crippen molar-refractivity contribution in [3.63, 3.8) is 0 Å². The molecule has 2 rings (SSSR count). The largest absolute Gasteiger partial charge is 0.382 e. The van der Waals surface area contributed by atoms with Crippen molar-refractivity contribution in [3.8, 4) is 0 Å². The summed E-state index contributed by atoms with van der Waals surface area (Å²) < 4.78 is 0. The second kappa shape index (κ2) is 3.51. The van der Waals surface area contributed by atoms with Crippen LogP contribution in [0.1, 0.15) is 12.0 Å². The number of aromatic nitrogens is 1. The maximum absolute atomic E-state index is 11.7. The van der Waals surface area contributed by atoms with Gasteiger partial charge in [-0.15, -0.1) is 0 Å². The van der Waals surface area contributed by atoms with E-state index in [4.69, 9.17) is 11.5 Å². The van der Waals surface area contributed by atoms with E-state index in [0.29, 0.717) is 24.5 Å². The van der Waals surface area contributed by atoms with E-state index in [0.717, 1.165) is 5.56 Å². The Morgan fingerprint density at radius 3 is 2.87 bits per heavy atom. The number of nitrogens with two attached hydrogens (primary N) is 2. The van der Waals surface area contributed by atoms with Crippen LogP contribution in [-0.4, -0.2) is 23.5 Å². The molecule has 2 heterocycles. The van der Waals surface area contributed by atoms with Crippen LogP contribution in [0.4, 0.5) is 11.5 Å². The van der Waals surface area contributed by atoms with Gasteiger partial charge in [0.15, 0.2) is 0 Å². The van der Waals surface area contributed by atoms with E-state index in [1.165, 1.54) is 0 Å². The maximum atomic E-state index is 11.7. The van der Waals surface area contributed by atoms with Crippen molar-refractivity contribution in [2.45, 2.75) is 19.4 Å². The molecule has 1 atom stereocenters. The highest BCUT2D eigenvalue weighted by Crippen LogP contribution is 2.28. The Kier molecular flexibility index (Phi) is 2.32. The molecular weight excluding hydrogens is 192 g/mol. The number of carbonyl (C=O) groups excluding carboxylic acids is 1. The predicted molar refractivity (Wildman–Crippen MR) is 58.3 cm³/mol. The summed E-state index contributed by atoms with van der Waals surface area (Å²) in [6.07, 6.45) is 2.02. The lowest BCUT2D eigenvalue weighted by Crippen LogP contribution is -2.29. The van der Waals surface area contributed by atoms with Gasteiger partial charge >= 0.3 is 0 Å². The summed E-state index contributed by atoms with van der Waals surface area (Å²) in [7, 11) is 0. The Labute approximate surface area is 88.1 Å². The van der Waals surface area contributed by atoms with Crippen LogP contribution in [0.25, 0.3) is 0 Å². The zero-order valence-corrected chi connectivity index (χ0v) is 8.60. The number of pyridine rings is 1. The first-order valence-corrected chi connectivity index (χ1v) is 4.86. The van der Waals surface area contributed by atoms with Crippen molar-refractivity contribution < 1.29 is 4.79 Å². The maximum Gasteiger partial charge on any atom is 0.228 e. The minimum atomic E-state index is -0.100. The van der Waals surface area contributed by atoms with Crippen LogP contribution in [0.15, 0.2) is 12.3 Å². The molecule has 1 fully saturated rings. The molecule has 0 aromatic carbocycles. The van der Waals surface area contributed by atoms with E-state index >= 15 is 0 Å². The molecule has 1 saturated heterocycles. The van der Waals surface area contributed by atoms with Crippen molar-refractivity contribution in [1.82, 2.24) is 4.98 Å². The van der Waals surface area contributed by atoms with E-state index in [1.807, 2.05) is 13.0 Å². The molecule has 5 heteroatoms. The number of carbonyl (C=O) groups is 1. The standard InChI is InChI=1S/C10H14N4O/c1-6-2-3-13-10(12)9(6)14-5-7(11)4-8(14)15/h2-3,7H,4-5,11H2,1H3,(H2,12,13). The first kappa shape index (κ1) is 9.92. The van der Waals surface area contributed by atoms with Crippen molar-refractivity contribution in [3.05, 3.63) is 17.8 Å². The molecule has 15 heavy (non-hydrogen) atoms. The number of hydrogen-bond donors (Lipinski definition) is 2. The molecule has 0 bridgehead atoms. The number of amides is 1. The Hall–Kier alpha value is -1.62. The molecule has 0 spiro atoms. The van der Waals surface area contributed by atoms with Crippen LogP contribution in [0.5, 0.6) is 0 Å². The van der Waals surface area contributed by atoms with Crippen molar-refractivity contribution in [2.24, 2.45) is 5.73 Å². The quantitative estimate of drug-likeness (QED) is 0.679. The van der Waals surface area contributed by atoms with E-state index < -0.39 is 0 Å². The number of aryl methyl sites for hydroxylation is 1. The number of rotatable bonds is 1. The lowest BCUT2D eigenvalue weighted by Gasteiger charge is -2.19. The summed E-state index contributed by atoms with van der Waals surface area (Å²) >= 11 is 0. The molecule has 1 unspecified atom stereocenters. The van der Waals surface area contributed by atoms with E-state index in [-0.39, 0.29) is 11.9 Å². The first-order chi connectivity index (χ1) is 7.09. The lowest BCUT2D eigenvalue weighted by atomic mass is 10.2. The Morgan fingerprint density at radius 1 is 1.60 bits per heavy atom. The fourth-order valence-electron chi connectivity index (χ4n) is 1.87. The molecular formula is C10H14N4O. The summed E-state index contributed by atoms with van der Waals surface area (Å²) in [6, 6.07) is 1.74. The van der Waals surface area contributed by atoms with Gasteiger partial charge in [0.1, 0.15) is 5.82 Å². The fraction of sp³-hybridized carbons (Fsp3) is 0.400. The summed E-state index contributed by atoms with van der Waals surface area (Å²) in [5.74, 6) is 0.405. The van der Waals surface area contributed by atoms with Gasteiger partial charge in [0.05, 0.1) is 5.69 Å². The zero-order valence-electron chi connectivity index (χ0n) is 8.60. The third kappa shape index (κ3) is 1.66. The summed E-state index contributed by atoms with van der Waals surface area (Å²) in [5.41, 5.74) is 13.1. The Bertz CT molecular complexity index is 384. The van der Waals surface area contributed by atoms with Crippen molar-refractivity contribution in [1.29, 1.82) is 0 Å². The molecule has 0 saturated carbocycles. The molecule has 1 aromatic heterocycles. The van der Waals surface area contributed by atoms with Crippen LogP contribution in [0, 0.1) is 6.92 Å². The third-order valence-electron chi connectivity index (χ3n) is 2.58. The normalized spacial score (nSPS) is 21.1. The smallest absolute Gasteiger partial charge is 0.228 e. The molecule has 0 radical (unpaired) electrons. The average Bonchev–Trinajstić information content (AvgIpc) is 2.45. The molecule has 4 N–H and O–H groups in total. The van der Waals surface area contributed by atoms with Crippen LogP contribution in [0.2, 0.25) is 0 Å². The monoisotopic (exact) mass is 206 g/mol. The van der Waals surface area contributed by atoms with Gasteiger partial charge in [0.2, 0.25) is 5.91 Å². The fourth-order valence-corrected chi connectivity index (χ4v) is 1.87. The van der Waals surface area contributed by atoms with Gasteiger partial charge in [-0.2, -0.15) is 0 Å². The highest BCUT2D eigenvalue weighted by molar-refractivity contribution is 5.99. The molecule has 1 aromatic rings. The number of hydrogen-bond acceptors (Lipinski definition) is 4. The molecule has 80 valence electrons. The zero-order chi connectivity index (χ0) is 11.0. The number of anilines is 2. The van der Waals surface area contributed by atoms with Gasteiger partial charge < -0.3 is 16.4 Å². The SMILES string of the molecule is Cc1ccnc(N)c1N1CC(N)CC1=O. The second-order valence-corrected chi connectivity index (χ2v) is 3.83. The van der Waals surface area contributed by atoms with E-state index in [1.54, 1.807) is 11.1 Å². The molecule has 0 aliphatic carbocycles.